The van der Waals surface area contributed by atoms with Gasteiger partial charge in [0.2, 0.25) is 0 Å². The summed E-state index contributed by atoms with van der Waals surface area (Å²) in [5, 5.41) is 7.55. The van der Waals surface area contributed by atoms with Crippen LogP contribution < -0.4 is 16.4 Å². The van der Waals surface area contributed by atoms with Crippen LogP contribution in [-0.4, -0.2) is 26.3 Å². The molecule has 0 spiro atoms. The van der Waals surface area contributed by atoms with Crippen molar-refractivity contribution in [2.45, 2.75) is 56.5 Å². The van der Waals surface area contributed by atoms with Crippen molar-refractivity contribution < 1.29 is 4.79 Å². The van der Waals surface area contributed by atoms with E-state index in [1.54, 1.807) is 36.1 Å². The van der Waals surface area contributed by atoms with Crippen molar-refractivity contribution in [1.82, 2.24) is 19.7 Å². The first kappa shape index (κ1) is 17.7. The number of nitrogens with zero attached hydrogens (tertiary/aromatic N) is 3. The van der Waals surface area contributed by atoms with Crippen molar-refractivity contribution in [3.63, 3.8) is 0 Å². The molecule has 0 radical (unpaired) electrons. The van der Waals surface area contributed by atoms with Gasteiger partial charge in [-0.1, -0.05) is 0 Å². The van der Waals surface area contributed by atoms with Crippen LogP contribution in [0.3, 0.4) is 0 Å². The van der Waals surface area contributed by atoms with Gasteiger partial charge in [-0.05, 0) is 56.7 Å². The molecular formula is C20H24N4O3. The third-order valence-corrected chi connectivity index (χ3v) is 5.59. The third kappa shape index (κ3) is 3.72. The summed E-state index contributed by atoms with van der Waals surface area (Å²) in [6.07, 6.45) is 7.06. The Labute approximate surface area is 157 Å². The van der Waals surface area contributed by atoms with Crippen molar-refractivity contribution in [2.75, 3.05) is 0 Å². The van der Waals surface area contributed by atoms with Crippen molar-refractivity contribution in [3.8, 4) is 0 Å². The van der Waals surface area contributed by atoms with E-state index in [1.807, 2.05) is 6.07 Å². The molecule has 0 aromatic carbocycles. The molecule has 2 aliphatic rings. The largest absolute Gasteiger partial charge is 0.349 e. The Morgan fingerprint density at radius 2 is 1.81 bits per heavy atom. The summed E-state index contributed by atoms with van der Waals surface area (Å²) in [6.45, 7) is 0. The Balaban J connectivity index is 1.40. The zero-order chi connectivity index (χ0) is 19.0. The lowest BCUT2D eigenvalue weighted by Crippen LogP contribution is -2.41. The minimum absolute atomic E-state index is 0.0148. The average molecular weight is 368 g/mol. The maximum absolute atomic E-state index is 12.4. The molecule has 142 valence electrons. The van der Waals surface area contributed by atoms with E-state index in [4.69, 9.17) is 0 Å². The maximum atomic E-state index is 12.4. The Morgan fingerprint density at radius 1 is 1.07 bits per heavy atom. The number of pyridine rings is 1. The number of carbonyl (C=O) groups is 1. The second kappa shape index (κ2) is 7.13. The van der Waals surface area contributed by atoms with E-state index in [-0.39, 0.29) is 34.7 Å². The fraction of sp³-hybridized carbons (Fsp3) is 0.500. The number of aryl methyl sites for hydroxylation is 1. The number of rotatable bonds is 4. The van der Waals surface area contributed by atoms with Gasteiger partial charge in [0.1, 0.15) is 5.56 Å². The van der Waals surface area contributed by atoms with Gasteiger partial charge in [0.15, 0.2) is 0 Å². The van der Waals surface area contributed by atoms with Gasteiger partial charge < -0.3 is 9.88 Å². The number of nitrogens with one attached hydrogen (secondary N) is 1. The molecule has 7 nitrogen and oxygen atoms in total. The molecule has 4 rings (SSSR count). The topological polar surface area (TPSA) is 86.0 Å². The molecule has 7 heteroatoms. The smallest absolute Gasteiger partial charge is 0.267 e. The van der Waals surface area contributed by atoms with Gasteiger partial charge in [-0.2, -0.15) is 5.10 Å². The zero-order valence-corrected chi connectivity index (χ0v) is 15.4. The second-order valence-electron chi connectivity index (χ2n) is 7.63. The number of hydrogen-bond donors (Lipinski definition) is 1. The van der Waals surface area contributed by atoms with Gasteiger partial charge in [0.25, 0.3) is 17.0 Å². The molecule has 0 unspecified atom stereocenters. The number of aromatic nitrogens is 3. The Kier molecular flexibility index (Phi) is 4.68. The van der Waals surface area contributed by atoms with Crippen LogP contribution in [0.2, 0.25) is 0 Å². The number of amides is 1. The standard InChI is InChI=1S/C20H24N4O3/c1-23-12-2-3-16(20(23)27)19(26)21-14-6-8-15(9-7-14)24-18(25)11-10-17(22-24)13-4-5-13/h2-3,10-15H,4-9H2,1H3,(H,21,26). The first-order chi connectivity index (χ1) is 13.0. The van der Waals surface area contributed by atoms with Crippen molar-refractivity contribution in [3.05, 3.63) is 62.4 Å². The molecule has 1 amide bonds. The monoisotopic (exact) mass is 368 g/mol. The van der Waals surface area contributed by atoms with Gasteiger partial charge in [0, 0.05) is 31.3 Å². The highest BCUT2D eigenvalue weighted by atomic mass is 16.2. The van der Waals surface area contributed by atoms with Gasteiger partial charge in [-0.3, -0.25) is 14.4 Å². The highest BCUT2D eigenvalue weighted by Gasteiger charge is 2.29. The fourth-order valence-corrected chi connectivity index (χ4v) is 3.80. The van der Waals surface area contributed by atoms with Crippen LogP contribution in [0.15, 0.2) is 40.1 Å². The lowest BCUT2D eigenvalue weighted by atomic mass is 9.91. The van der Waals surface area contributed by atoms with Gasteiger partial charge >= 0.3 is 0 Å². The molecule has 2 aliphatic carbocycles. The highest BCUT2D eigenvalue weighted by Crippen LogP contribution is 2.38. The Hall–Kier alpha value is -2.70. The van der Waals surface area contributed by atoms with Crippen molar-refractivity contribution in [2.24, 2.45) is 7.05 Å². The summed E-state index contributed by atoms with van der Waals surface area (Å²) >= 11 is 0. The molecule has 0 bridgehead atoms. The zero-order valence-electron chi connectivity index (χ0n) is 15.4. The van der Waals surface area contributed by atoms with Crippen LogP contribution in [0.5, 0.6) is 0 Å². The van der Waals surface area contributed by atoms with Crippen LogP contribution in [0, 0.1) is 0 Å². The predicted octanol–water partition coefficient (Wildman–Crippen LogP) is 1.73. The summed E-state index contributed by atoms with van der Waals surface area (Å²) in [6, 6.07) is 6.81. The Bertz CT molecular complexity index is 966. The summed E-state index contributed by atoms with van der Waals surface area (Å²) in [4.78, 5) is 36.7. The van der Waals surface area contributed by atoms with E-state index in [0.29, 0.717) is 5.92 Å². The van der Waals surface area contributed by atoms with Gasteiger partial charge in [0.05, 0.1) is 11.7 Å². The first-order valence-corrected chi connectivity index (χ1v) is 9.59. The molecule has 2 aromatic heterocycles. The first-order valence-electron chi connectivity index (χ1n) is 9.59. The summed E-state index contributed by atoms with van der Waals surface area (Å²) in [5.74, 6) is 0.187. The van der Waals surface area contributed by atoms with Crippen LogP contribution in [0.25, 0.3) is 0 Å². The molecule has 27 heavy (non-hydrogen) atoms. The van der Waals surface area contributed by atoms with Gasteiger partial charge in [-0.25, -0.2) is 4.68 Å². The maximum Gasteiger partial charge on any atom is 0.267 e. The summed E-state index contributed by atoms with van der Waals surface area (Å²) < 4.78 is 3.04. The minimum Gasteiger partial charge on any atom is -0.349 e. The van der Waals surface area contributed by atoms with E-state index >= 15 is 0 Å². The van der Waals surface area contributed by atoms with Crippen molar-refractivity contribution in [1.29, 1.82) is 0 Å². The fourth-order valence-electron chi connectivity index (χ4n) is 3.80. The summed E-state index contributed by atoms with van der Waals surface area (Å²) in [5.41, 5.74) is 0.832. The lowest BCUT2D eigenvalue weighted by molar-refractivity contribution is 0.0919. The summed E-state index contributed by atoms with van der Waals surface area (Å²) in [7, 11) is 1.63. The SMILES string of the molecule is Cn1cccc(C(=O)NC2CCC(n3nc(C4CC4)ccc3=O)CC2)c1=O. The van der Waals surface area contributed by atoms with Crippen LogP contribution >= 0.6 is 0 Å². The van der Waals surface area contributed by atoms with E-state index in [0.717, 1.165) is 44.2 Å². The van der Waals surface area contributed by atoms with Crippen LogP contribution in [-0.2, 0) is 7.05 Å². The molecule has 0 saturated heterocycles. The quantitative estimate of drug-likeness (QED) is 0.891. The van der Waals surface area contributed by atoms with E-state index in [2.05, 4.69) is 10.4 Å². The minimum atomic E-state index is -0.328. The highest BCUT2D eigenvalue weighted by molar-refractivity contribution is 5.93. The van der Waals surface area contributed by atoms with Crippen molar-refractivity contribution >= 4 is 5.91 Å². The molecule has 2 aromatic rings. The number of hydrogen-bond acceptors (Lipinski definition) is 4. The lowest BCUT2D eigenvalue weighted by Gasteiger charge is -2.29. The van der Waals surface area contributed by atoms with E-state index < -0.39 is 0 Å². The van der Waals surface area contributed by atoms with E-state index in [9.17, 15) is 14.4 Å². The number of carbonyl (C=O) groups excluding carboxylic acids is 1. The molecule has 0 aliphatic heterocycles. The van der Waals surface area contributed by atoms with Crippen LogP contribution in [0.4, 0.5) is 0 Å². The Morgan fingerprint density at radius 3 is 2.52 bits per heavy atom. The molecule has 0 atom stereocenters. The molecule has 1 N–H and O–H groups in total. The average Bonchev–Trinajstić information content (AvgIpc) is 3.50. The van der Waals surface area contributed by atoms with Gasteiger partial charge in [-0.15, -0.1) is 0 Å². The third-order valence-electron chi connectivity index (χ3n) is 5.59. The van der Waals surface area contributed by atoms with E-state index in [1.165, 1.54) is 4.57 Å². The predicted molar refractivity (Wildman–Crippen MR) is 101 cm³/mol. The molecular weight excluding hydrogens is 344 g/mol. The molecule has 2 heterocycles. The molecule has 2 fully saturated rings. The van der Waals surface area contributed by atoms with Crippen LogP contribution in [0.1, 0.15) is 66.5 Å². The molecule has 2 saturated carbocycles. The second-order valence-corrected chi connectivity index (χ2v) is 7.63. The normalized spacial score (nSPS) is 22.4.